The molecule has 0 saturated heterocycles. The average Bonchev–Trinajstić information content (AvgIpc) is 2.86. The second-order valence-corrected chi connectivity index (χ2v) is 4.06. The first-order valence-corrected chi connectivity index (χ1v) is 5.52. The molecule has 1 aliphatic rings. The van der Waals surface area contributed by atoms with Crippen LogP contribution < -0.4 is 0 Å². The molecule has 0 unspecified atom stereocenters. The van der Waals surface area contributed by atoms with E-state index in [1.54, 1.807) is 4.57 Å². The molecule has 0 aromatic carbocycles. The molecule has 82 valence electrons. The number of aromatic nitrogens is 2. The van der Waals surface area contributed by atoms with E-state index < -0.39 is 5.97 Å². The van der Waals surface area contributed by atoms with Crippen LogP contribution >= 0.6 is 0 Å². The highest BCUT2D eigenvalue weighted by Gasteiger charge is 2.22. The van der Waals surface area contributed by atoms with Crippen molar-refractivity contribution in [2.75, 3.05) is 0 Å². The van der Waals surface area contributed by atoms with Gasteiger partial charge in [-0.25, -0.2) is 9.78 Å². The lowest BCUT2D eigenvalue weighted by Gasteiger charge is -2.02. The van der Waals surface area contributed by atoms with Gasteiger partial charge in [0.05, 0.1) is 5.69 Å². The van der Waals surface area contributed by atoms with Crippen LogP contribution in [0.5, 0.6) is 0 Å². The summed E-state index contributed by atoms with van der Waals surface area (Å²) in [5, 5.41) is 8.97. The lowest BCUT2D eigenvalue weighted by Crippen LogP contribution is -2.07. The molecule has 4 heteroatoms. The predicted molar refractivity (Wildman–Crippen MR) is 56.1 cm³/mol. The third-order valence-corrected chi connectivity index (χ3v) is 3.10. The van der Waals surface area contributed by atoms with Crippen LogP contribution in [0.25, 0.3) is 0 Å². The van der Waals surface area contributed by atoms with E-state index in [9.17, 15) is 4.79 Å². The van der Waals surface area contributed by atoms with Gasteiger partial charge in [0, 0.05) is 18.7 Å². The minimum atomic E-state index is -0.930. The molecule has 1 saturated carbocycles. The molecule has 2 rings (SSSR count). The summed E-state index contributed by atoms with van der Waals surface area (Å²) in [5.74, 6) is -0.267. The van der Waals surface area contributed by atoms with Crippen LogP contribution in [0.2, 0.25) is 0 Å². The Hall–Kier alpha value is -1.32. The van der Waals surface area contributed by atoms with Gasteiger partial charge in [0.25, 0.3) is 0 Å². The van der Waals surface area contributed by atoms with Crippen molar-refractivity contribution in [1.29, 1.82) is 0 Å². The van der Waals surface area contributed by atoms with E-state index in [1.165, 1.54) is 12.8 Å². The number of carboxylic acid groups (broad SMARTS) is 1. The van der Waals surface area contributed by atoms with Crippen LogP contribution in [-0.2, 0) is 6.54 Å². The molecule has 0 aliphatic heterocycles. The van der Waals surface area contributed by atoms with Crippen molar-refractivity contribution >= 4 is 5.97 Å². The van der Waals surface area contributed by atoms with Crippen LogP contribution in [0.1, 0.15) is 54.8 Å². The van der Waals surface area contributed by atoms with E-state index in [4.69, 9.17) is 5.11 Å². The Morgan fingerprint density at radius 1 is 1.60 bits per heavy atom. The van der Waals surface area contributed by atoms with Gasteiger partial charge in [-0.2, -0.15) is 0 Å². The number of nitrogens with zero attached hydrogens (tertiary/aromatic N) is 2. The molecule has 0 spiro atoms. The molecule has 1 heterocycles. The Morgan fingerprint density at radius 3 is 2.73 bits per heavy atom. The Bertz CT molecular complexity index is 365. The number of aromatic carboxylic acids is 1. The number of carbonyl (C=O) groups is 1. The van der Waals surface area contributed by atoms with Gasteiger partial charge < -0.3 is 9.67 Å². The molecule has 0 amide bonds. The number of carboxylic acids is 1. The lowest BCUT2D eigenvalue weighted by atomic mass is 10.1. The third-order valence-electron chi connectivity index (χ3n) is 3.10. The molecule has 1 aromatic rings. The Balaban J connectivity index is 2.29. The van der Waals surface area contributed by atoms with Crippen LogP contribution in [-0.4, -0.2) is 20.6 Å². The largest absolute Gasteiger partial charge is 0.475 e. The summed E-state index contributed by atoms with van der Waals surface area (Å²) < 4.78 is 1.72. The van der Waals surface area contributed by atoms with Crippen molar-refractivity contribution in [3.63, 3.8) is 0 Å². The summed E-state index contributed by atoms with van der Waals surface area (Å²) in [6.45, 7) is 2.61. The zero-order valence-corrected chi connectivity index (χ0v) is 8.94. The topological polar surface area (TPSA) is 55.1 Å². The monoisotopic (exact) mass is 208 g/mol. The summed E-state index contributed by atoms with van der Waals surface area (Å²) in [7, 11) is 0. The van der Waals surface area contributed by atoms with Crippen LogP contribution in [0, 0.1) is 0 Å². The van der Waals surface area contributed by atoms with Crippen molar-refractivity contribution < 1.29 is 9.90 Å². The number of hydrogen-bond donors (Lipinski definition) is 1. The van der Waals surface area contributed by atoms with Gasteiger partial charge in [0.15, 0.2) is 0 Å². The van der Waals surface area contributed by atoms with Gasteiger partial charge in [-0.3, -0.25) is 0 Å². The molecule has 1 aromatic heterocycles. The molecule has 1 aliphatic carbocycles. The molecular weight excluding hydrogens is 192 g/mol. The predicted octanol–water partition coefficient (Wildman–Crippen LogP) is 2.26. The van der Waals surface area contributed by atoms with E-state index in [0.717, 1.165) is 18.5 Å². The maximum Gasteiger partial charge on any atom is 0.372 e. The van der Waals surface area contributed by atoms with E-state index in [-0.39, 0.29) is 5.82 Å². The van der Waals surface area contributed by atoms with Gasteiger partial charge >= 0.3 is 5.97 Å². The zero-order valence-electron chi connectivity index (χ0n) is 8.94. The summed E-state index contributed by atoms with van der Waals surface area (Å²) >= 11 is 0. The van der Waals surface area contributed by atoms with Gasteiger partial charge in [-0.1, -0.05) is 12.8 Å². The number of rotatable bonds is 3. The fourth-order valence-corrected chi connectivity index (χ4v) is 2.27. The molecular formula is C11H16N2O2. The first-order chi connectivity index (χ1) is 7.22. The quantitative estimate of drug-likeness (QED) is 0.828. The summed E-state index contributed by atoms with van der Waals surface area (Å²) in [5.41, 5.74) is 0.965. The van der Waals surface area contributed by atoms with Crippen molar-refractivity contribution in [1.82, 2.24) is 9.55 Å². The van der Waals surface area contributed by atoms with Crippen LogP contribution in [0.15, 0.2) is 6.20 Å². The smallest absolute Gasteiger partial charge is 0.372 e. The van der Waals surface area contributed by atoms with Crippen molar-refractivity contribution in [2.45, 2.75) is 45.1 Å². The fraction of sp³-hybridized carbons (Fsp3) is 0.636. The standard InChI is InChI=1S/C11H16N2O2/c1-2-13-7-9(8-5-3-4-6-8)12-10(13)11(14)15/h7-8H,2-6H2,1H3,(H,14,15). The first-order valence-electron chi connectivity index (χ1n) is 5.52. The minimum Gasteiger partial charge on any atom is -0.475 e. The Labute approximate surface area is 88.9 Å². The van der Waals surface area contributed by atoms with Crippen molar-refractivity contribution in [3.8, 4) is 0 Å². The molecule has 0 atom stereocenters. The summed E-state index contributed by atoms with van der Waals surface area (Å²) in [4.78, 5) is 15.2. The third kappa shape index (κ3) is 1.89. The maximum atomic E-state index is 10.9. The highest BCUT2D eigenvalue weighted by Crippen LogP contribution is 2.33. The van der Waals surface area contributed by atoms with Crippen LogP contribution in [0.4, 0.5) is 0 Å². The second-order valence-electron chi connectivity index (χ2n) is 4.06. The molecule has 0 bridgehead atoms. The SMILES string of the molecule is CCn1cc(C2CCCC2)nc1C(=O)O. The van der Waals surface area contributed by atoms with Gasteiger partial charge in [-0.15, -0.1) is 0 Å². The molecule has 1 fully saturated rings. The lowest BCUT2D eigenvalue weighted by molar-refractivity contribution is 0.0678. The van der Waals surface area contributed by atoms with Crippen LogP contribution in [0.3, 0.4) is 0 Å². The van der Waals surface area contributed by atoms with E-state index in [1.807, 2.05) is 13.1 Å². The Kier molecular flexibility index (Phi) is 2.75. The highest BCUT2D eigenvalue weighted by atomic mass is 16.4. The normalized spacial score (nSPS) is 17.1. The maximum absolute atomic E-state index is 10.9. The number of imidazole rings is 1. The zero-order chi connectivity index (χ0) is 10.8. The highest BCUT2D eigenvalue weighted by molar-refractivity contribution is 5.83. The second kappa shape index (κ2) is 4.04. The summed E-state index contributed by atoms with van der Waals surface area (Å²) in [6, 6.07) is 0. The molecule has 4 nitrogen and oxygen atoms in total. The van der Waals surface area contributed by atoms with Gasteiger partial charge in [0.2, 0.25) is 5.82 Å². The average molecular weight is 208 g/mol. The van der Waals surface area contributed by atoms with Crippen molar-refractivity contribution in [2.24, 2.45) is 0 Å². The van der Waals surface area contributed by atoms with Crippen molar-refractivity contribution in [3.05, 3.63) is 17.7 Å². The van der Waals surface area contributed by atoms with Gasteiger partial charge in [-0.05, 0) is 19.8 Å². The minimum absolute atomic E-state index is 0.180. The first kappa shape index (κ1) is 10.2. The Morgan fingerprint density at radius 2 is 2.27 bits per heavy atom. The molecule has 1 N–H and O–H groups in total. The van der Waals surface area contributed by atoms with Gasteiger partial charge in [0.1, 0.15) is 0 Å². The summed E-state index contributed by atoms with van der Waals surface area (Å²) in [6.07, 6.45) is 6.69. The number of aryl methyl sites for hydroxylation is 1. The van der Waals surface area contributed by atoms with E-state index in [2.05, 4.69) is 4.98 Å². The van der Waals surface area contributed by atoms with E-state index >= 15 is 0 Å². The molecule has 15 heavy (non-hydrogen) atoms. The fourth-order valence-electron chi connectivity index (χ4n) is 2.27. The number of hydrogen-bond acceptors (Lipinski definition) is 2. The van der Waals surface area contributed by atoms with E-state index in [0.29, 0.717) is 12.5 Å². The molecule has 0 radical (unpaired) electrons.